The Balaban J connectivity index is 1.76. The third-order valence-corrected chi connectivity index (χ3v) is 2.44. The molecule has 7 heteroatoms. The first-order valence-corrected chi connectivity index (χ1v) is 5.09. The van der Waals surface area contributed by atoms with Crippen LogP contribution in [0.3, 0.4) is 0 Å². The van der Waals surface area contributed by atoms with Crippen LogP contribution in [0.25, 0.3) is 0 Å². The molecule has 1 aliphatic heterocycles. The van der Waals surface area contributed by atoms with Crippen LogP contribution < -0.4 is 10.6 Å². The number of H-pyrrole nitrogens is 1. The summed E-state index contributed by atoms with van der Waals surface area (Å²) in [5.41, 5.74) is 0. The van der Waals surface area contributed by atoms with Gasteiger partial charge in [0.2, 0.25) is 5.91 Å². The van der Waals surface area contributed by atoms with E-state index < -0.39 is 0 Å². The van der Waals surface area contributed by atoms with Crippen LogP contribution in [0.4, 0.5) is 0 Å². The first kappa shape index (κ1) is 10.0. The summed E-state index contributed by atoms with van der Waals surface area (Å²) in [5, 5.41) is 19.2. The zero-order valence-corrected chi connectivity index (χ0v) is 8.36. The number of amides is 1. The molecule has 1 amide bonds. The van der Waals surface area contributed by atoms with Crippen molar-refractivity contribution in [3.63, 3.8) is 0 Å². The van der Waals surface area contributed by atoms with E-state index >= 15 is 0 Å². The maximum absolute atomic E-state index is 11.6. The van der Waals surface area contributed by atoms with Crippen LogP contribution in [-0.2, 0) is 11.3 Å². The quantitative estimate of drug-likeness (QED) is 0.592. The third-order valence-electron chi connectivity index (χ3n) is 2.44. The summed E-state index contributed by atoms with van der Waals surface area (Å²) in [6, 6.07) is -0.0642. The predicted octanol–water partition coefficient (Wildman–Crippen LogP) is -1.04. The molecule has 1 aliphatic rings. The maximum atomic E-state index is 11.6. The Morgan fingerprint density at radius 1 is 1.53 bits per heavy atom. The molecule has 3 N–H and O–H groups in total. The molecule has 1 aromatic rings. The smallest absolute Gasteiger partial charge is 0.237 e. The topological polar surface area (TPSA) is 95.6 Å². The first-order valence-electron chi connectivity index (χ1n) is 5.09. The lowest BCUT2D eigenvalue weighted by molar-refractivity contribution is -0.123. The molecule has 15 heavy (non-hydrogen) atoms. The number of hydrogen-bond acceptors (Lipinski definition) is 5. The molecule has 1 atom stereocenters. The van der Waals surface area contributed by atoms with Gasteiger partial charge in [-0.15, -0.1) is 10.2 Å². The average Bonchev–Trinajstić information content (AvgIpc) is 2.80. The summed E-state index contributed by atoms with van der Waals surface area (Å²) in [4.78, 5) is 11.6. The van der Waals surface area contributed by atoms with E-state index in [2.05, 4.69) is 31.3 Å². The van der Waals surface area contributed by atoms with Crippen LogP contribution in [0, 0.1) is 0 Å². The molecule has 0 bridgehead atoms. The molecule has 82 valence electrons. The van der Waals surface area contributed by atoms with Crippen molar-refractivity contribution in [2.75, 3.05) is 6.54 Å². The van der Waals surface area contributed by atoms with Crippen molar-refractivity contribution in [1.82, 2.24) is 31.3 Å². The fourth-order valence-electron chi connectivity index (χ4n) is 1.62. The fourth-order valence-corrected chi connectivity index (χ4v) is 1.62. The number of piperidine rings is 1. The van der Waals surface area contributed by atoms with Crippen molar-refractivity contribution in [1.29, 1.82) is 0 Å². The summed E-state index contributed by atoms with van der Waals surface area (Å²) in [7, 11) is 0. The van der Waals surface area contributed by atoms with E-state index in [1.165, 1.54) is 0 Å². The van der Waals surface area contributed by atoms with Crippen molar-refractivity contribution in [2.24, 2.45) is 0 Å². The monoisotopic (exact) mass is 210 g/mol. The van der Waals surface area contributed by atoms with Gasteiger partial charge in [0.15, 0.2) is 5.82 Å². The van der Waals surface area contributed by atoms with Gasteiger partial charge < -0.3 is 10.6 Å². The number of carbonyl (C=O) groups excluding carboxylic acids is 1. The molecule has 1 aromatic heterocycles. The Morgan fingerprint density at radius 3 is 3.13 bits per heavy atom. The van der Waals surface area contributed by atoms with Crippen LogP contribution in [0.15, 0.2) is 0 Å². The molecule has 0 unspecified atom stereocenters. The lowest BCUT2D eigenvalue weighted by atomic mass is 10.0. The minimum Gasteiger partial charge on any atom is -0.347 e. The molecule has 0 spiro atoms. The number of rotatable bonds is 3. The first-order chi connectivity index (χ1) is 7.36. The van der Waals surface area contributed by atoms with Crippen molar-refractivity contribution in [3.8, 4) is 0 Å². The normalized spacial score (nSPS) is 21.2. The molecule has 0 saturated carbocycles. The van der Waals surface area contributed by atoms with Gasteiger partial charge in [-0.2, -0.15) is 5.21 Å². The second kappa shape index (κ2) is 4.83. The van der Waals surface area contributed by atoms with Gasteiger partial charge in [0.05, 0.1) is 12.6 Å². The fraction of sp³-hybridized carbons (Fsp3) is 0.750. The lowest BCUT2D eigenvalue weighted by Gasteiger charge is -2.22. The van der Waals surface area contributed by atoms with Crippen molar-refractivity contribution in [2.45, 2.75) is 31.8 Å². The Morgan fingerprint density at radius 2 is 2.47 bits per heavy atom. The lowest BCUT2D eigenvalue weighted by Crippen LogP contribution is -2.46. The Labute approximate surface area is 87.0 Å². The van der Waals surface area contributed by atoms with E-state index in [4.69, 9.17) is 0 Å². The Hall–Kier alpha value is -1.50. The zero-order valence-electron chi connectivity index (χ0n) is 8.36. The third kappa shape index (κ3) is 2.72. The van der Waals surface area contributed by atoms with E-state index in [0.717, 1.165) is 25.8 Å². The summed E-state index contributed by atoms with van der Waals surface area (Å²) < 4.78 is 0. The van der Waals surface area contributed by atoms with Crippen LogP contribution >= 0.6 is 0 Å². The summed E-state index contributed by atoms with van der Waals surface area (Å²) in [6.07, 6.45) is 3.15. The van der Waals surface area contributed by atoms with Gasteiger partial charge in [-0.25, -0.2) is 0 Å². The van der Waals surface area contributed by atoms with Gasteiger partial charge in [0.25, 0.3) is 0 Å². The predicted molar refractivity (Wildman–Crippen MR) is 51.7 cm³/mol. The van der Waals surface area contributed by atoms with Gasteiger partial charge in [-0.05, 0) is 19.4 Å². The maximum Gasteiger partial charge on any atom is 0.237 e. The molecule has 0 aromatic carbocycles. The van der Waals surface area contributed by atoms with Crippen LogP contribution in [-0.4, -0.2) is 39.1 Å². The number of aromatic amines is 1. The minimum atomic E-state index is -0.0642. The highest BCUT2D eigenvalue weighted by Crippen LogP contribution is 2.06. The largest absolute Gasteiger partial charge is 0.347 e. The van der Waals surface area contributed by atoms with E-state index in [9.17, 15) is 4.79 Å². The highest BCUT2D eigenvalue weighted by atomic mass is 16.2. The highest BCUT2D eigenvalue weighted by Gasteiger charge is 2.20. The number of hydrogen-bond donors (Lipinski definition) is 3. The Kier molecular flexibility index (Phi) is 3.23. The summed E-state index contributed by atoms with van der Waals surface area (Å²) in [5.74, 6) is 0.513. The zero-order chi connectivity index (χ0) is 10.5. The number of carbonyl (C=O) groups is 1. The highest BCUT2D eigenvalue weighted by molar-refractivity contribution is 5.81. The van der Waals surface area contributed by atoms with E-state index in [1.54, 1.807) is 0 Å². The van der Waals surface area contributed by atoms with Crippen LogP contribution in [0.5, 0.6) is 0 Å². The second-order valence-corrected chi connectivity index (χ2v) is 3.55. The van der Waals surface area contributed by atoms with E-state index in [1.807, 2.05) is 0 Å². The molecular weight excluding hydrogens is 196 g/mol. The van der Waals surface area contributed by atoms with E-state index in [0.29, 0.717) is 12.4 Å². The number of nitrogens with one attached hydrogen (secondary N) is 3. The molecule has 7 nitrogen and oxygen atoms in total. The standard InChI is InChI=1S/C8H14N6O/c15-8(6-3-1-2-4-9-6)10-5-7-11-13-14-12-7/h6,9H,1-5H2,(H,10,15)(H,11,12,13,14)/t6-/m1/s1. The second-order valence-electron chi connectivity index (χ2n) is 3.55. The Bertz CT molecular complexity index is 305. The van der Waals surface area contributed by atoms with Gasteiger partial charge in [-0.1, -0.05) is 11.6 Å². The molecule has 2 heterocycles. The molecule has 0 aliphatic carbocycles. The number of nitrogens with zero attached hydrogens (tertiary/aromatic N) is 3. The van der Waals surface area contributed by atoms with Gasteiger partial charge in [-0.3, -0.25) is 4.79 Å². The SMILES string of the molecule is O=C(NCc1nn[nH]n1)[C@H]1CCCCN1. The van der Waals surface area contributed by atoms with E-state index in [-0.39, 0.29) is 11.9 Å². The molecule has 2 rings (SSSR count). The average molecular weight is 210 g/mol. The minimum absolute atomic E-state index is 0.0134. The molecular formula is C8H14N6O. The van der Waals surface area contributed by atoms with Gasteiger partial charge in [0, 0.05) is 0 Å². The van der Waals surface area contributed by atoms with Gasteiger partial charge >= 0.3 is 0 Å². The number of tetrazole rings is 1. The van der Waals surface area contributed by atoms with Crippen LogP contribution in [0.1, 0.15) is 25.1 Å². The number of aromatic nitrogens is 4. The van der Waals surface area contributed by atoms with Crippen molar-refractivity contribution in [3.05, 3.63) is 5.82 Å². The summed E-state index contributed by atoms with van der Waals surface area (Å²) in [6.45, 7) is 1.24. The van der Waals surface area contributed by atoms with Crippen molar-refractivity contribution < 1.29 is 4.79 Å². The molecule has 1 fully saturated rings. The molecule has 0 radical (unpaired) electrons. The van der Waals surface area contributed by atoms with Gasteiger partial charge in [0.1, 0.15) is 0 Å². The van der Waals surface area contributed by atoms with Crippen molar-refractivity contribution >= 4 is 5.91 Å². The molecule has 1 saturated heterocycles. The summed E-state index contributed by atoms with van der Waals surface area (Å²) >= 11 is 0. The van der Waals surface area contributed by atoms with Crippen LogP contribution in [0.2, 0.25) is 0 Å².